The first-order valence-electron chi connectivity index (χ1n) is 4.29. The summed E-state index contributed by atoms with van der Waals surface area (Å²) >= 11 is 2.99. The van der Waals surface area contributed by atoms with Gasteiger partial charge < -0.3 is 10.1 Å². The summed E-state index contributed by atoms with van der Waals surface area (Å²) < 4.78 is 4.47. The Morgan fingerprint density at radius 3 is 2.65 bits per heavy atom. The zero-order valence-corrected chi connectivity index (χ0v) is 10.2. The van der Waals surface area contributed by atoms with Crippen molar-refractivity contribution in [2.45, 2.75) is 0 Å². The number of carbonyl (C=O) groups is 2. The first kappa shape index (κ1) is 13.1. The molecule has 0 saturated carbocycles. The third-order valence-electron chi connectivity index (χ3n) is 1.77. The van der Waals surface area contributed by atoms with Crippen molar-refractivity contribution in [1.29, 1.82) is 0 Å². The number of nitro benzene ring substituents is 1. The molecule has 0 bridgehead atoms. The SMILES string of the molecule is COC(=O)C(=O)Nc1ccc(Br)c([N+](=O)[O-])c1. The molecule has 0 radical (unpaired) electrons. The molecule has 0 atom stereocenters. The number of rotatable bonds is 2. The van der Waals surface area contributed by atoms with E-state index in [4.69, 9.17) is 0 Å². The van der Waals surface area contributed by atoms with Crippen LogP contribution >= 0.6 is 15.9 Å². The number of nitrogens with zero attached hydrogens (tertiary/aromatic N) is 1. The molecule has 8 heteroatoms. The first-order valence-corrected chi connectivity index (χ1v) is 5.08. The number of nitrogens with one attached hydrogen (secondary N) is 1. The second-order valence-corrected chi connectivity index (χ2v) is 3.72. The molecule has 0 heterocycles. The Morgan fingerprint density at radius 1 is 1.47 bits per heavy atom. The molecule has 0 aliphatic rings. The quantitative estimate of drug-likeness (QED) is 0.386. The monoisotopic (exact) mass is 302 g/mol. The Morgan fingerprint density at radius 2 is 2.12 bits per heavy atom. The summed E-state index contributed by atoms with van der Waals surface area (Å²) in [5.74, 6) is -2.07. The summed E-state index contributed by atoms with van der Waals surface area (Å²) in [4.78, 5) is 32.0. The fourth-order valence-corrected chi connectivity index (χ4v) is 1.40. The van der Waals surface area contributed by atoms with Crippen LogP contribution in [-0.2, 0) is 14.3 Å². The van der Waals surface area contributed by atoms with E-state index in [9.17, 15) is 19.7 Å². The highest BCUT2D eigenvalue weighted by Crippen LogP contribution is 2.27. The Bertz CT molecular complexity index is 488. The molecule has 90 valence electrons. The average Bonchev–Trinajstić information content (AvgIpc) is 2.30. The van der Waals surface area contributed by atoms with Crippen LogP contribution in [0.5, 0.6) is 0 Å². The standard InChI is InChI=1S/C9H7BrN2O5/c1-17-9(14)8(13)11-5-2-3-6(10)7(4-5)12(15)16/h2-4H,1H3,(H,11,13). The van der Waals surface area contributed by atoms with E-state index in [1.807, 2.05) is 0 Å². The van der Waals surface area contributed by atoms with Crippen LogP contribution in [0.1, 0.15) is 0 Å². The Balaban J connectivity index is 2.94. The van der Waals surface area contributed by atoms with E-state index in [1.165, 1.54) is 12.1 Å². The number of anilines is 1. The molecule has 7 nitrogen and oxygen atoms in total. The summed E-state index contributed by atoms with van der Waals surface area (Å²) in [6, 6.07) is 3.94. The highest BCUT2D eigenvalue weighted by molar-refractivity contribution is 9.10. The maximum atomic E-state index is 11.1. The van der Waals surface area contributed by atoms with Gasteiger partial charge in [0.2, 0.25) is 0 Å². The minimum absolute atomic E-state index is 0.135. The van der Waals surface area contributed by atoms with Crippen molar-refractivity contribution in [2.75, 3.05) is 12.4 Å². The van der Waals surface area contributed by atoms with Gasteiger partial charge in [-0.15, -0.1) is 0 Å². The van der Waals surface area contributed by atoms with Crippen LogP contribution in [0.15, 0.2) is 22.7 Å². The van der Waals surface area contributed by atoms with Gasteiger partial charge in [0.05, 0.1) is 16.5 Å². The Kier molecular flexibility index (Phi) is 4.16. The van der Waals surface area contributed by atoms with Gasteiger partial charge in [-0.2, -0.15) is 0 Å². The predicted octanol–water partition coefficient (Wildman–Crippen LogP) is 1.47. The molecule has 1 N–H and O–H groups in total. The van der Waals surface area contributed by atoms with Gasteiger partial charge >= 0.3 is 11.9 Å². The number of hydrogen-bond donors (Lipinski definition) is 1. The van der Waals surface area contributed by atoms with Gasteiger partial charge in [0, 0.05) is 11.8 Å². The molecule has 1 rings (SSSR count). The maximum absolute atomic E-state index is 11.1. The van der Waals surface area contributed by atoms with Gasteiger partial charge in [0.25, 0.3) is 5.69 Å². The van der Waals surface area contributed by atoms with Crippen LogP contribution in [0.4, 0.5) is 11.4 Å². The lowest BCUT2D eigenvalue weighted by molar-refractivity contribution is -0.385. The van der Waals surface area contributed by atoms with Crippen molar-refractivity contribution in [3.05, 3.63) is 32.8 Å². The van der Waals surface area contributed by atoms with Crippen molar-refractivity contribution in [2.24, 2.45) is 0 Å². The molecule has 0 aromatic heterocycles. The molecule has 0 fully saturated rings. The topological polar surface area (TPSA) is 98.5 Å². The normalized spacial score (nSPS) is 9.53. The molecule has 0 aliphatic carbocycles. The van der Waals surface area contributed by atoms with E-state index >= 15 is 0 Å². The molecule has 0 spiro atoms. The summed E-state index contributed by atoms with van der Waals surface area (Å²) in [5.41, 5.74) is -0.0806. The van der Waals surface area contributed by atoms with Crippen LogP contribution < -0.4 is 5.32 Å². The lowest BCUT2D eigenvalue weighted by Gasteiger charge is -2.03. The van der Waals surface area contributed by atoms with Gasteiger partial charge in [-0.25, -0.2) is 4.79 Å². The number of methoxy groups -OCH3 is 1. The van der Waals surface area contributed by atoms with Crippen LogP contribution in [0.25, 0.3) is 0 Å². The Labute approximate surface area is 104 Å². The molecule has 1 aromatic carbocycles. The summed E-state index contributed by atoms with van der Waals surface area (Å²) in [6.45, 7) is 0. The molecule has 0 saturated heterocycles. The van der Waals surface area contributed by atoms with E-state index in [0.29, 0.717) is 0 Å². The number of carbonyl (C=O) groups excluding carboxylic acids is 2. The number of ether oxygens (including phenoxy) is 1. The lowest BCUT2D eigenvalue weighted by atomic mass is 10.3. The van der Waals surface area contributed by atoms with Gasteiger partial charge in [0.15, 0.2) is 0 Å². The number of esters is 1. The van der Waals surface area contributed by atoms with Gasteiger partial charge in [-0.05, 0) is 28.1 Å². The summed E-state index contributed by atoms with van der Waals surface area (Å²) in [6.07, 6.45) is 0. The minimum Gasteiger partial charge on any atom is -0.462 e. The average molecular weight is 303 g/mol. The fourth-order valence-electron chi connectivity index (χ4n) is 1.01. The van der Waals surface area contributed by atoms with Crippen LogP contribution in [0, 0.1) is 10.1 Å². The highest BCUT2D eigenvalue weighted by Gasteiger charge is 2.17. The van der Waals surface area contributed by atoms with Crippen LogP contribution in [0.2, 0.25) is 0 Å². The van der Waals surface area contributed by atoms with E-state index in [0.717, 1.165) is 13.2 Å². The number of hydrogen-bond acceptors (Lipinski definition) is 5. The third-order valence-corrected chi connectivity index (χ3v) is 2.44. The van der Waals surface area contributed by atoms with Crippen molar-refractivity contribution in [3.63, 3.8) is 0 Å². The molecule has 17 heavy (non-hydrogen) atoms. The second-order valence-electron chi connectivity index (χ2n) is 2.87. The number of nitro groups is 1. The van der Waals surface area contributed by atoms with Crippen LogP contribution in [0.3, 0.4) is 0 Å². The summed E-state index contributed by atoms with van der Waals surface area (Å²) in [7, 11) is 1.06. The van der Waals surface area contributed by atoms with Crippen molar-refractivity contribution in [1.82, 2.24) is 0 Å². The molecule has 1 amide bonds. The minimum atomic E-state index is -1.07. The lowest BCUT2D eigenvalue weighted by Crippen LogP contribution is -2.23. The van der Waals surface area contributed by atoms with Crippen molar-refractivity contribution in [3.8, 4) is 0 Å². The zero-order chi connectivity index (χ0) is 13.0. The first-order chi connectivity index (χ1) is 7.95. The van der Waals surface area contributed by atoms with Crippen molar-refractivity contribution >= 4 is 39.2 Å². The fraction of sp³-hybridized carbons (Fsp3) is 0.111. The molecular formula is C9H7BrN2O5. The molecule has 0 unspecified atom stereocenters. The van der Waals surface area contributed by atoms with Gasteiger partial charge in [0.1, 0.15) is 0 Å². The largest absolute Gasteiger partial charge is 0.462 e. The number of halogens is 1. The zero-order valence-electron chi connectivity index (χ0n) is 8.60. The predicted molar refractivity (Wildman–Crippen MR) is 61.4 cm³/mol. The highest BCUT2D eigenvalue weighted by atomic mass is 79.9. The molecular weight excluding hydrogens is 296 g/mol. The number of benzene rings is 1. The third kappa shape index (κ3) is 3.25. The molecule has 1 aromatic rings. The smallest absolute Gasteiger partial charge is 0.396 e. The Hall–Kier alpha value is -1.96. The van der Waals surface area contributed by atoms with Gasteiger partial charge in [-0.3, -0.25) is 14.9 Å². The van der Waals surface area contributed by atoms with E-state index < -0.39 is 16.8 Å². The van der Waals surface area contributed by atoms with Gasteiger partial charge in [-0.1, -0.05) is 0 Å². The second kappa shape index (κ2) is 5.39. The number of amides is 1. The maximum Gasteiger partial charge on any atom is 0.396 e. The van der Waals surface area contributed by atoms with Crippen LogP contribution in [-0.4, -0.2) is 23.9 Å². The summed E-state index contributed by atoms with van der Waals surface area (Å²) in [5, 5.41) is 12.8. The van der Waals surface area contributed by atoms with E-state index in [2.05, 4.69) is 26.0 Å². The molecule has 0 aliphatic heterocycles. The van der Waals surface area contributed by atoms with E-state index in [-0.39, 0.29) is 15.8 Å². The van der Waals surface area contributed by atoms with Crippen molar-refractivity contribution < 1.29 is 19.2 Å². The van der Waals surface area contributed by atoms with E-state index in [1.54, 1.807) is 0 Å².